The van der Waals surface area contributed by atoms with Crippen LogP contribution in [-0.2, 0) is 12.6 Å². The van der Waals surface area contributed by atoms with E-state index in [4.69, 9.17) is 0 Å². The quantitative estimate of drug-likeness (QED) is 0.702. The van der Waals surface area contributed by atoms with Gasteiger partial charge in [0.1, 0.15) is 0 Å². The van der Waals surface area contributed by atoms with Gasteiger partial charge in [-0.15, -0.1) is 0 Å². The smallest absolute Gasteiger partial charge is 0.204 e. The molecular formula is C14H9F5. The highest BCUT2D eigenvalue weighted by Crippen LogP contribution is 2.30. The molecule has 2 aromatic carbocycles. The summed E-state index contributed by atoms with van der Waals surface area (Å²) in [6.45, 7) is 0. The zero-order valence-corrected chi connectivity index (χ0v) is 9.64. The van der Waals surface area contributed by atoms with Gasteiger partial charge < -0.3 is 0 Å². The van der Waals surface area contributed by atoms with Crippen LogP contribution < -0.4 is 0 Å². The zero-order valence-electron chi connectivity index (χ0n) is 9.64. The van der Waals surface area contributed by atoms with Crippen LogP contribution in [0.2, 0.25) is 0 Å². The number of benzene rings is 2. The second-order valence-corrected chi connectivity index (χ2v) is 4.12. The molecule has 0 saturated carbocycles. The summed E-state index contributed by atoms with van der Waals surface area (Å²) in [6, 6.07) is 8.05. The van der Waals surface area contributed by atoms with E-state index in [1.165, 1.54) is 18.2 Å². The Bertz CT molecular complexity index is 587. The maximum absolute atomic E-state index is 13.0. The van der Waals surface area contributed by atoms with E-state index in [9.17, 15) is 22.0 Å². The first-order valence-corrected chi connectivity index (χ1v) is 5.46. The molecule has 0 bridgehead atoms. The summed E-state index contributed by atoms with van der Waals surface area (Å²) in [4.78, 5) is 0. The van der Waals surface area contributed by atoms with Crippen molar-refractivity contribution in [1.29, 1.82) is 0 Å². The van der Waals surface area contributed by atoms with Crippen molar-refractivity contribution in [3.8, 4) is 0 Å². The molecule has 0 aliphatic carbocycles. The first-order chi connectivity index (χ1) is 8.86. The highest BCUT2D eigenvalue weighted by molar-refractivity contribution is 5.31. The Hall–Kier alpha value is -1.91. The lowest BCUT2D eigenvalue weighted by Crippen LogP contribution is -2.05. The molecule has 0 spiro atoms. The van der Waals surface area contributed by atoms with Gasteiger partial charge in [0.2, 0.25) is 0 Å². The van der Waals surface area contributed by atoms with Gasteiger partial charge in [-0.3, -0.25) is 0 Å². The molecule has 0 aromatic heterocycles. The molecule has 0 heterocycles. The van der Waals surface area contributed by atoms with E-state index in [2.05, 4.69) is 0 Å². The second kappa shape index (κ2) is 4.99. The van der Waals surface area contributed by atoms with Crippen molar-refractivity contribution in [2.75, 3.05) is 0 Å². The van der Waals surface area contributed by atoms with Crippen molar-refractivity contribution in [2.45, 2.75) is 12.6 Å². The number of hydrogen-bond acceptors (Lipinski definition) is 0. The topological polar surface area (TPSA) is 0 Å². The standard InChI is InChI=1S/C14H9F5/c15-12-5-4-10(8-13(12)16)6-9-2-1-3-11(7-9)14(17,18)19/h1-5,7-8H,6H2. The molecule has 0 nitrogen and oxygen atoms in total. The summed E-state index contributed by atoms with van der Waals surface area (Å²) in [6.07, 6.45) is -4.30. The van der Waals surface area contributed by atoms with Gasteiger partial charge in [-0.1, -0.05) is 24.3 Å². The van der Waals surface area contributed by atoms with Crippen LogP contribution in [0.25, 0.3) is 0 Å². The summed E-state index contributed by atoms with van der Waals surface area (Å²) in [5, 5.41) is 0. The summed E-state index contributed by atoms with van der Waals surface area (Å²) < 4.78 is 63.3. The van der Waals surface area contributed by atoms with Crippen LogP contribution in [-0.4, -0.2) is 0 Å². The lowest BCUT2D eigenvalue weighted by atomic mass is 10.0. The minimum absolute atomic E-state index is 0.112. The van der Waals surface area contributed by atoms with Crippen LogP contribution in [0.4, 0.5) is 22.0 Å². The second-order valence-electron chi connectivity index (χ2n) is 4.12. The Balaban J connectivity index is 2.26. The SMILES string of the molecule is Fc1ccc(Cc2cccc(C(F)(F)F)c2)cc1F. The van der Waals surface area contributed by atoms with Crippen molar-refractivity contribution in [1.82, 2.24) is 0 Å². The van der Waals surface area contributed by atoms with Crippen LogP contribution in [0.15, 0.2) is 42.5 Å². The Morgan fingerprint density at radius 2 is 1.47 bits per heavy atom. The largest absolute Gasteiger partial charge is 0.416 e. The molecule has 0 N–H and O–H groups in total. The molecule has 0 aliphatic heterocycles. The molecule has 2 rings (SSSR count). The fourth-order valence-electron chi connectivity index (χ4n) is 1.74. The van der Waals surface area contributed by atoms with Gasteiger partial charge >= 0.3 is 6.18 Å². The van der Waals surface area contributed by atoms with Gasteiger partial charge in [0.15, 0.2) is 11.6 Å². The van der Waals surface area contributed by atoms with Crippen molar-refractivity contribution in [3.05, 3.63) is 70.8 Å². The predicted molar refractivity (Wildman–Crippen MR) is 60.6 cm³/mol. The van der Waals surface area contributed by atoms with Crippen LogP contribution in [0, 0.1) is 11.6 Å². The summed E-state index contributed by atoms with van der Waals surface area (Å²) in [5.41, 5.74) is 0.0478. The molecule has 0 amide bonds. The molecular weight excluding hydrogens is 263 g/mol. The summed E-state index contributed by atoms with van der Waals surface area (Å²) in [5.74, 6) is -1.99. The lowest BCUT2D eigenvalue weighted by Gasteiger charge is -2.09. The fraction of sp³-hybridized carbons (Fsp3) is 0.143. The highest BCUT2D eigenvalue weighted by Gasteiger charge is 2.30. The van der Waals surface area contributed by atoms with Crippen LogP contribution in [0.3, 0.4) is 0 Å². The number of alkyl halides is 3. The van der Waals surface area contributed by atoms with Gasteiger partial charge in [0.25, 0.3) is 0 Å². The third-order valence-electron chi connectivity index (χ3n) is 2.65. The number of rotatable bonds is 2. The molecule has 0 unspecified atom stereocenters. The predicted octanol–water partition coefficient (Wildman–Crippen LogP) is 4.57. The third kappa shape index (κ3) is 3.30. The number of hydrogen-bond donors (Lipinski definition) is 0. The minimum Gasteiger partial charge on any atom is -0.204 e. The van der Waals surface area contributed by atoms with Gasteiger partial charge in [-0.05, 0) is 35.7 Å². The number of halogens is 5. The first kappa shape index (κ1) is 13.5. The van der Waals surface area contributed by atoms with E-state index in [1.807, 2.05) is 0 Å². The normalized spacial score (nSPS) is 11.6. The van der Waals surface area contributed by atoms with Gasteiger partial charge in [-0.2, -0.15) is 13.2 Å². The first-order valence-electron chi connectivity index (χ1n) is 5.46. The lowest BCUT2D eigenvalue weighted by molar-refractivity contribution is -0.137. The maximum Gasteiger partial charge on any atom is 0.416 e. The van der Waals surface area contributed by atoms with Crippen molar-refractivity contribution in [2.24, 2.45) is 0 Å². The molecule has 2 aromatic rings. The fourth-order valence-corrected chi connectivity index (χ4v) is 1.74. The Morgan fingerprint density at radius 3 is 2.11 bits per heavy atom. The average molecular weight is 272 g/mol. The van der Waals surface area contributed by atoms with E-state index in [-0.39, 0.29) is 6.42 Å². The Kier molecular flexibility index (Phi) is 3.55. The minimum atomic E-state index is -4.41. The zero-order chi connectivity index (χ0) is 14.0. The molecule has 100 valence electrons. The van der Waals surface area contributed by atoms with Gasteiger partial charge in [-0.25, -0.2) is 8.78 Å². The van der Waals surface area contributed by atoms with Crippen LogP contribution in [0.5, 0.6) is 0 Å². The average Bonchev–Trinajstić information content (AvgIpc) is 2.33. The molecule has 5 heteroatoms. The molecule has 0 atom stereocenters. The van der Waals surface area contributed by atoms with Gasteiger partial charge in [0.05, 0.1) is 5.56 Å². The Morgan fingerprint density at radius 1 is 0.789 bits per heavy atom. The summed E-state index contributed by atoms with van der Waals surface area (Å²) in [7, 11) is 0. The monoisotopic (exact) mass is 272 g/mol. The Labute approximate surface area is 106 Å². The van der Waals surface area contributed by atoms with E-state index >= 15 is 0 Å². The molecule has 0 radical (unpaired) electrons. The molecule has 0 saturated heterocycles. The molecule has 0 fully saturated rings. The van der Waals surface area contributed by atoms with Crippen LogP contribution in [0.1, 0.15) is 16.7 Å². The summed E-state index contributed by atoms with van der Waals surface area (Å²) >= 11 is 0. The maximum atomic E-state index is 13.0. The van der Waals surface area contributed by atoms with E-state index in [0.717, 1.165) is 24.3 Å². The van der Waals surface area contributed by atoms with E-state index in [0.29, 0.717) is 11.1 Å². The van der Waals surface area contributed by atoms with Crippen LogP contribution >= 0.6 is 0 Å². The highest BCUT2D eigenvalue weighted by atomic mass is 19.4. The van der Waals surface area contributed by atoms with E-state index in [1.54, 1.807) is 0 Å². The van der Waals surface area contributed by atoms with E-state index < -0.39 is 23.4 Å². The van der Waals surface area contributed by atoms with Crippen molar-refractivity contribution in [3.63, 3.8) is 0 Å². The van der Waals surface area contributed by atoms with Crippen molar-refractivity contribution >= 4 is 0 Å². The third-order valence-corrected chi connectivity index (χ3v) is 2.65. The van der Waals surface area contributed by atoms with Gasteiger partial charge in [0, 0.05) is 0 Å². The van der Waals surface area contributed by atoms with Crippen molar-refractivity contribution < 1.29 is 22.0 Å². The molecule has 19 heavy (non-hydrogen) atoms. The molecule has 0 aliphatic rings.